The summed E-state index contributed by atoms with van der Waals surface area (Å²) in [4.78, 5) is 10.8. The van der Waals surface area contributed by atoms with E-state index in [0.29, 0.717) is 12.1 Å². The number of hydrogen-bond acceptors (Lipinski definition) is 3. The fraction of sp³-hybridized carbons (Fsp3) is 0.462. The number of aromatic carboxylic acids is 1. The van der Waals surface area contributed by atoms with Crippen LogP contribution in [0.15, 0.2) is 18.2 Å². The normalized spacial score (nSPS) is 16.6. The lowest BCUT2D eigenvalue weighted by atomic mass is 10.1. The second-order valence-corrected chi connectivity index (χ2v) is 4.87. The molecule has 0 saturated heterocycles. The fourth-order valence-electron chi connectivity index (χ4n) is 1.87. The van der Waals surface area contributed by atoms with Crippen LogP contribution in [0.1, 0.15) is 28.8 Å². The molecule has 1 aromatic carbocycles. The average Bonchev–Trinajstić information content (AvgIpc) is 3.12. The van der Waals surface area contributed by atoms with Gasteiger partial charge in [0.25, 0.3) is 0 Å². The molecule has 1 fully saturated rings. The lowest BCUT2D eigenvalue weighted by Gasteiger charge is -2.13. The van der Waals surface area contributed by atoms with Gasteiger partial charge >= 0.3 is 5.97 Å². The molecule has 0 atom stereocenters. The maximum absolute atomic E-state index is 13.5. The molecule has 5 heteroatoms. The number of carbonyl (C=O) groups is 1. The summed E-state index contributed by atoms with van der Waals surface area (Å²) in [6, 6.07) is 3.75. The Hall–Kier alpha value is -1.46. The topological polar surface area (TPSA) is 69.6 Å². The Morgan fingerprint density at radius 1 is 1.44 bits per heavy atom. The molecule has 0 unspecified atom stereocenters. The Bertz CT molecular complexity index is 458. The Morgan fingerprint density at radius 2 is 2.17 bits per heavy atom. The minimum atomic E-state index is -1.06. The van der Waals surface area contributed by atoms with Crippen molar-refractivity contribution >= 4 is 5.97 Å². The van der Waals surface area contributed by atoms with Gasteiger partial charge in [-0.05, 0) is 31.0 Å². The molecule has 4 nitrogen and oxygen atoms in total. The van der Waals surface area contributed by atoms with Crippen LogP contribution in [-0.2, 0) is 6.54 Å². The number of benzene rings is 1. The predicted molar refractivity (Wildman–Crippen MR) is 63.8 cm³/mol. The van der Waals surface area contributed by atoms with E-state index in [1.54, 1.807) is 0 Å². The van der Waals surface area contributed by atoms with Crippen molar-refractivity contribution in [2.75, 3.05) is 13.2 Å². The van der Waals surface area contributed by atoms with Gasteiger partial charge < -0.3 is 15.5 Å². The number of nitrogens with one attached hydrogen (secondary N) is 1. The van der Waals surface area contributed by atoms with Gasteiger partial charge in [-0.2, -0.15) is 0 Å². The summed E-state index contributed by atoms with van der Waals surface area (Å²) in [5.74, 6) is -1.48. The minimum Gasteiger partial charge on any atom is -0.478 e. The van der Waals surface area contributed by atoms with E-state index in [1.165, 1.54) is 18.2 Å². The molecule has 1 aromatic rings. The Kier molecular flexibility index (Phi) is 3.63. The molecule has 2 rings (SSSR count). The van der Waals surface area contributed by atoms with Crippen LogP contribution in [-0.4, -0.2) is 29.3 Å². The summed E-state index contributed by atoms with van der Waals surface area (Å²) in [6.07, 6.45) is 1.96. The SMILES string of the molecule is O=C(O)c1ccc(F)c(CNCC2(CO)CC2)c1. The molecule has 0 spiro atoms. The van der Waals surface area contributed by atoms with E-state index in [0.717, 1.165) is 12.8 Å². The lowest BCUT2D eigenvalue weighted by molar-refractivity contribution is 0.0696. The van der Waals surface area contributed by atoms with Gasteiger partial charge in [0.15, 0.2) is 0 Å². The molecular formula is C13H16FNO3. The highest BCUT2D eigenvalue weighted by atomic mass is 19.1. The van der Waals surface area contributed by atoms with E-state index in [-0.39, 0.29) is 24.1 Å². The molecule has 1 aliphatic carbocycles. The molecule has 0 aromatic heterocycles. The van der Waals surface area contributed by atoms with Crippen molar-refractivity contribution in [2.24, 2.45) is 5.41 Å². The van der Waals surface area contributed by atoms with Crippen LogP contribution in [0.5, 0.6) is 0 Å². The summed E-state index contributed by atoms with van der Waals surface area (Å²) in [5, 5.41) is 21.0. The number of aliphatic hydroxyl groups is 1. The highest BCUT2D eigenvalue weighted by molar-refractivity contribution is 5.87. The van der Waals surface area contributed by atoms with Crippen molar-refractivity contribution in [1.82, 2.24) is 5.32 Å². The maximum Gasteiger partial charge on any atom is 0.335 e. The highest BCUT2D eigenvalue weighted by Gasteiger charge is 2.41. The number of aliphatic hydroxyl groups excluding tert-OH is 1. The Balaban J connectivity index is 1.96. The summed E-state index contributed by atoms with van der Waals surface area (Å²) >= 11 is 0. The largest absolute Gasteiger partial charge is 0.478 e. The molecule has 1 saturated carbocycles. The van der Waals surface area contributed by atoms with Gasteiger partial charge in [-0.25, -0.2) is 9.18 Å². The van der Waals surface area contributed by atoms with Gasteiger partial charge in [-0.1, -0.05) is 0 Å². The summed E-state index contributed by atoms with van der Waals surface area (Å²) < 4.78 is 13.5. The van der Waals surface area contributed by atoms with E-state index in [1.807, 2.05) is 0 Å². The van der Waals surface area contributed by atoms with Gasteiger partial charge in [0, 0.05) is 30.7 Å². The number of hydrogen-bond donors (Lipinski definition) is 3. The first-order valence-corrected chi connectivity index (χ1v) is 5.90. The summed E-state index contributed by atoms with van der Waals surface area (Å²) in [5.41, 5.74) is 0.376. The zero-order valence-electron chi connectivity index (χ0n) is 9.95. The van der Waals surface area contributed by atoms with E-state index in [9.17, 15) is 9.18 Å². The van der Waals surface area contributed by atoms with Crippen LogP contribution in [0.3, 0.4) is 0 Å². The van der Waals surface area contributed by atoms with Crippen molar-refractivity contribution in [3.63, 3.8) is 0 Å². The van der Waals surface area contributed by atoms with E-state index < -0.39 is 11.8 Å². The molecule has 0 amide bonds. The number of halogens is 1. The Morgan fingerprint density at radius 3 is 2.72 bits per heavy atom. The number of rotatable bonds is 6. The van der Waals surface area contributed by atoms with Crippen LogP contribution in [0.2, 0.25) is 0 Å². The third-order valence-electron chi connectivity index (χ3n) is 3.40. The van der Waals surface area contributed by atoms with E-state index >= 15 is 0 Å². The number of carboxylic acids is 1. The molecule has 1 aliphatic rings. The van der Waals surface area contributed by atoms with Crippen LogP contribution in [0, 0.1) is 11.2 Å². The predicted octanol–water partition coefficient (Wildman–Crippen LogP) is 1.39. The smallest absolute Gasteiger partial charge is 0.335 e. The first kappa shape index (κ1) is 13.0. The highest BCUT2D eigenvalue weighted by Crippen LogP contribution is 2.44. The molecule has 0 radical (unpaired) electrons. The first-order chi connectivity index (χ1) is 8.56. The maximum atomic E-state index is 13.5. The van der Waals surface area contributed by atoms with Crippen LogP contribution >= 0.6 is 0 Å². The summed E-state index contributed by atoms with van der Waals surface area (Å²) in [6.45, 7) is 1.03. The molecule has 0 aliphatic heterocycles. The zero-order valence-corrected chi connectivity index (χ0v) is 9.95. The molecular weight excluding hydrogens is 237 g/mol. The van der Waals surface area contributed by atoms with Crippen LogP contribution in [0.25, 0.3) is 0 Å². The standard InChI is InChI=1S/C13H16FNO3/c14-11-2-1-9(12(17)18)5-10(11)6-15-7-13(8-16)3-4-13/h1-2,5,15-16H,3-4,6-8H2,(H,17,18). The van der Waals surface area contributed by atoms with E-state index in [4.69, 9.17) is 10.2 Å². The second-order valence-electron chi connectivity index (χ2n) is 4.87. The third kappa shape index (κ3) is 2.86. The van der Waals surface area contributed by atoms with Crippen molar-refractivity contribution in [2.45, 2.75) is 19.4 Å². The Labute approximate surface area is 104 Å². The molecule has 0 heterocycles. The van der Waals surface area contributed by atoms with Crippen LogP contribution in [0.4, 0.5) is 4.39 Å². The minimum absolute atomic E-state index is 0.0408. The van der Waals surface area contributed by atoms with Crippen molar-refractivity contribution in [1.29, 1.82) is 0 Å². The molecule has 0 bridgehead atoms. The molecule has 3 N–H and O–H groups in total. The van der Waals surface area contributed by atoms with Gasteiger partial charge in [0.05, 0.1) is 5.56 Å². The fourth-order valence-corrected chi connectivity index (χ4v) is 1.87. The third-order valence-corrected chi connectivity index (χ3v) is 3.40. The molecule has 98 valence electrons. The number of carboxylic acid groups (broad SMARTS) is 1. The lowest BCUT2D eigenvalue weighted by Crippen LogP contribution is -2.26. The zero-order chi connectivity index (χ0) is 13.2. The van der Waals surface area contributed by atoms with Gasteiger partial charge in [-0.15, -0.1) is 0 Å². The van der Waals surface area contributed by atoms with Gasteiger partial charge in [-0.3, -0.25) is 0 Å². The first-order valence-electron chi connectivity index (χ1n) is 5.90. The van der Waals surface area contributed by atoms with Crippen molar-refractivity contribution in [3.05, 3.63) is 35.1 Å². The quantitative estimate of drug-likeness (QED) is 0.716. The van der Waals surface area contributed by atoms with Gasteiger partial charge in [0.2, 0.25) is 0 Å². The monoisotopic (exact) mass is 253 g/mol. The van der Waals surface area contributed by atoms with Crippen molar-refractivity contribution < 1.29 is 19.4 Å². The van der Waals surface area contributed by atoms with Crippen molar-refractivity contribution in [3.8, 4) is 0 Å². The second kappa shape index (κ2) is 5.04. The van der Waals surface area contributed by atoms with Crippen LogP contribution < -0.4 is 5.32 Å². The average molecular weight is 253 g/mol. The summed E-state index contributed by atoms with van der Waals surface area (Å²) in [7, 11) is 0. The van der Waals surface area contributed by atoms with E-state index in [2.05, 4.69) is 5.32 Å². The molecule has 18 heavy (non-hydrogen) atoms. The van der Waals surface area contributed by atoms with Gasteiger partial charge in [0.1, 0.15) is 5.82 Å².